The van der Waals surface area contributed by atoms with Gasteiger partial charge < -0.3 is 18.9 Å². The van der Waals surface area contributed by atoms with E-state index in [-0.39, 0.29) is 24.3 Å². The first-order chi connectivity index (χ1) is 15.2. The number of fused-ring (bicyclic) bond motifs is 4. The molecule has 0 spiro atoms. The maximum Gasteiger partial charge on any atom is 0.351 e. The molecule has 8 heteroatoms. The van der Waals surface area contributed by atoms with E-state index in [4.69, 9.17) is 18.9 Å². The van der Waals surface area contributed by atoms with E-state index >= 15 is 0 Å². The molecule has 4 heterocycles. The first kappa shape index (κ1) is 19.2. The maximum absolute atomic E-state index is 12.6. The van der Waals surface area contributed by atoms with Gasteiger partial charge in [0.05, 0.1) is 5.69 Å². The molecular formula is C23H21N3O5. The van der Waals surface area contributed by atoms with Gasteiger partial charge in [0.1, 0.15) is 25.6 Å². The van der Waals surface area contributed by atoms with Crippen molar-refractivity contribution in [3.8, 4) is 34.5 Å². The lowest BCUT2D eigenvalue weighted by Gasteiger charge is -2.25. The standard InChI is InChI=1S/C23H21N3O5/c1-2-10-28-16-5-6-18-15(11-16)7-9-26-19(18)12-21(25-23(26)27)29-13-17-14-30-22-20(31-17)4-3-8-24-22/h2-6,8,11-12,17H,1,7,9-10,13-14H2/t17-/m0/s1. The van der Waals surface area contributed by atoms with Crippen LogP contribution in [0.15, 0.2) is 60.0 Å². The molecule has 5 rings (SSSR count). The van der Waals surface area contributed by atoms with E-state index in [9.17, 15) is 4.79 Å². The summed E-state index contributed by atoms with van der Waals surface area (Å²) in [6, 6.07) is 11.2. The maximum atomic E-state index is 12.6. The number of ether oxygens (including phenoxy) is 4. The van der Waals surface area contributed by atoms with Crippen molar-refractivity contribution >= 4 is 0 Å². The molecule has 158 valence electrons. The van der Waals surface area contributed by atoms with Crippen LogP contribution in [0.25, 0.3) is 11.3 Å². The zero-order valence-electron chi connectivity index (χ0n) is 16.8. The van der Waals surface area contributed by atoms with Gasteiger partial charge in [0.2, 0.25) is 5.88 Å². The quantitative estimate of drug-likeness (QED) is 0.568. The van der Waals surface area contributed by atoms with Crippen molar-refractivity contribution < 1.29 is 18.9 Å². The zero-order valence-corrected chi connectivity index (χ0v) is 16.8. The third-order valence-corrected chi connectivity index (χ3v) is 5.17. The molecule has 0 unspecified atom stereocenters. The normalized spacial score (nSPS) is 16.1. The fraction of sp³-hybridized carbons (Fsp3) is 0.261. The fourth-order valence-electron chi connectivity index (χ4n) is 3.72. The third-order valence-electron chi connectivity index (χ3n) is 5.17. The summed E-state index contributed by atoms with van der Waals surface area (Å²) < 4.78 is 24.6. The van der Waals surface area contributed by atoms with Crippen LogP contribution in [0.2, 0.25) is 0 Å². The molecule has 31 heavy (non-hydrogen) atoms. The Labute approximate surface area is 178 Å². The van der Waals surface area contributed by atoms with Gasteiger partial charge in [0.15, 0.2) is 11.9 Å². The molecule has 1 aromatic carbocycles. The van der Waals surface area contributed by atoms with Crippen molar-refractivity contribution in [3.05, 3.63) is 71.3 Å². The Hall–Kier alpha value is -3.81. The summed E-state index contributed by atoms with van der Waals surface area (Å²) in [5.74, 6) is 2.09. The largest absolute Gasteiger partial charge is 0.490 e. The van der Waals surface area contributed by atoms with Crippen LogP contribution >= 0.6 is 0 Å². The van der Waals surface area contributed by atoms with Crippen LogP contribution in [0, 0.1) is 0 Å². The fourth-order valence-corrected chi connectivity index (χ4v) is 3.72. The van der Waals surface area contributed by atoms with Gasteiger partial charge in [0.25, 0.3) is 5.88 Å². The second-order valence-electron chi connectivity index (χ2n) is 7.25. The summed E-state index contributed by atoms with van der Waals surface area (Å²) in [7, 11) is 0. The Bertz CT molecular complexity index is 1190. The number of rotatable bonds is 6. The summed E-state index contributed by atoms with van der Waals surface area (Å²) in [4.78, 5) is 20.8. The highest BCUT2D eigenvalue weighted by molar-refractivity contribution is 5.67. The van der Waals surface area contributed by atoms with Crippen molar-refractivity contribution in [2.24, 2.45) is 0 Å². The van der Waals surface area contributed by atoms with Gasteiger partial charge in [-0.15, -0.1) is 0 Å². The van der Waals surface area contributed by atoms with E-state index in [1.54, 1.807) is 35.0 Å². The molecule has 2 aliphatic rings. The molecule has 0 amide bonds. The summed E-state index contributed by atoms with van der Waals surface area (Å²) in [5, 5.41) is 0. The van der Waals surface area contributed by atoms with Crippen LogP contribution in [-0.2, 0) is 13.0 Å². The summed E-state index contributed by atoms with van der Waals surface area (Å²) in [5.41, 5.74) is 2.53. The summed E-state index contributed by atoms with van der Waals surface area (Å²) in [6.07, 6.45) is 3.76. The molecule has 0 saturated carbocycles. The molecule has 2 aliphatic heterocycles. The first-order valence-electron chi connectivity index (χ1n) is 10.1. The minimum atomic E-state index is -0.333. The van der Waals surface area contributed by atoms with Crippen LogP contribution < -0.4 is 24.6 Å². The Kier molecular flexibility index (Phi) is 5.03. The van der Waals surface area contributed by atoms with Crippen molar-refractivity contribution in [1.82, 2.24) is 14.5 Å². The third kappa shape index (κ3) is 3.84. The van der Waals surface area contributed by atoms with Gasteiger partial charge in [-0.25, -0.2) is 9.78 Å². The number of pyridine rings is 1. The molecule has 2 aromatic heterocycles. The topological polar surface area (TPSA) is 84.7 Å². The van der Waals surface area contributed by atoms with Gasteiger partial charge >= 0.3 is 5.69 Å². The lowest BCUT2D eigenvalue weighted by atomic mass is 9.97. The van der Waals surface area contributed by atoms with E-state index in [1.165, 1.54) is 0 Å². The van der Waals surface area contributed by atoms with Crippen molar-refractivity contribution in [2.45, 2.75) is 19.1 Å². The molecule has 0 aliphatic carbocycles. The molecule has 0 bridgehead atoms. The van der Waals surface area contributed by atoms with Crippen LogP contribution in [-0.4, -0.2) is 40.5 Å². The molecule has 3 aromatic rings. The minimum absolute atomic E-state index is 0.200. The van der Waals surface area contributed by atoms with E-state index in [0.717, 1.165) is 29.0 Å². The van der Waals surface area contributed by atoms with Gasteiger partial charge in [-0.1, -0.05) is 12.7 Å². The smallest absolute Gasteiger partial charge is 0.351 e. The molecule has 0 N–H and O–H groups in total. The highest BCUT2D eigenvalue weighted by Gasteiger charge is 2.24. The Balaban J connectivity index is 1.35. The van der Waals surface area contributed by atoms with Crippen LogP contribution in [0.1, 0.15) is 5.56 Å². The van der Waals surface area contributed by atoms with Crippen LogP contribution in [0.3, 0.4) is 0 Å². The van der Waals surface area contributed by atoms with Crippen LogP contribution in [0.5, 0.6) is 23.3 Å². The average Bonchev–Trinajstić information content (AvgIpc) is 2.81. The Morgan fingerprint density at radius 3 is 3.10 bits per heavy atom. The second-order valence-corrected chi connectivity index (χ2v) is 7.25. The van der Waals surface area contributed by atoms with Crippen molar-refractivity contribution in [2.75, 3.05) is 19.8 Å². The molecule has 0 radical (unpaired) electrons. The SMILES string of the molecule is C=CCOc1ccc2c(c1)CCn1c-2cc(OC[C@H]2COc3ncccc3O2)nc1=O. The molecular weight excluding hydrogens is 398 g/mol. The lowest BCUT2D eigenvalue weighted by molar-refractivity contribution is 0.0486. The second kappa shape index (κ2) is 8.14. The number of hydrogen-bond donors (Lipinski definition) is 0. The molecule has 0 fully saturated rings. The summed E-state index contributed by atoms with van der Waals surface area (Å²) >= 11 is 0. The highest BCUT2D eigenvalue weighted by atomic mass is 16.6. The Morgan fingerprint density at radius 1 is 1.26 bits per heavy atom. The van der Waals surface area contributed by atoms with E-state index in [2.05, 4.69) is 16.5 Å². The summed E-state index contributed by atoms with van der Waals surface area (Å²) in [6.45, 7) is 5.19. The van der Waals surface area contributed by atoms with E-state index in [0.29, 0.717) is 31.4 Å². The van der Waals surface area contributed by atoms with E-state index < -0.39 is 0 Å². The van der Waals surface area contributed by atoms with Crippen LogP contribution in [0.4, 0.5) is 0 Å². The van der Waals surface area contributed by atoms with Gasteiger partial charge in [-0.2, -0.15) is 4.98 Å². The zero-order chi connectivity index (χ0) is 21.2. The number of benzene rings is 1. The monoisotopic (exact) mass is 419 g/mol. The van der Waals surface area contributed by atoms with Crippen molar-refractivity contribution in [1.29, 1.82) is 0 Å². The predicted molar refractivity (Wildman–Crippen MR) is 113 cm³/mol. The van der Waals surface area contributed by atoms with Gasteiger partial charge in [-0.3, -0.25) is 4.57 Å². The van der Waals surface area contributed by atoms with Gasteiger partial charge in [0, 0.05) is 24.4 Å². The number of aromatic nitrogens is 3. The minimum Gasteiger partial charge on any atom is -0.490 e. The molecule has 1 atom stereocenters. The molecule has 8 nitrogen and oxygen atoms in total. The Morgan fingerprint density at radius 2 is 2.19 bits per heavy atom. The number of hydrogen-bond acceptors (Lipinski definition) is 7. The predicted octanol–water partition coefficient (Wildman–Crippen LogP) is 2.65. The van der Waals surface area contributed by atoms with E-state index in [1.807, 2.05) is 18.2 Å². The number of nitrogens with zero attached hydrogens (tertiary/aromatic N) is 3. The average molecular weight is 419 g/mol. The first-order valence-corrected chi connectivity index (χ1v) is 10.1. The molecule has 0 saturated heterocycles. The number of aryl methyl sites for hydroxylation is 1. The highest BCUT2D eigenvalue weighted by Crippen LogP contribution is 2.33. The lowest BCUT2D eigenvalue weighted by Crippen LogP contribution is -2.35. The van der Waals surface area contributed by atoms with Crippen molar-refractivity contribution in [3.63, 3.8) is 0 Å². The van der Waals surface area contributed by atoms with Gasteiger partial charge in [-0.05, 0) is 42.3 Å².